The molecule has 1 aliphatic rings. The first kappa shape index (κ1) is 17.5. The highest BCUT2D eigenvalue weighted by Crippen LogP contribution is 2.21. The summed E-state index contributed by atoms with van der Waals surface area (Å²) in [6, 6.07) is 4.02. The summed E-state index contributed by atoms with van der Waals surface area (Å²) in [6.45, 7) is 1.91. The van der Waals surface area contributed by atoms with Crippen LogP contribution in [-0.2, 0) is 9.47 Å². The largest absolute Gasteiger partial charge is 0.488 e. The summed E-state index contributed by atoms with van der Waals surface area (Å²) in [6.07, 6.45) is 2.06. The maximum atomic E-state index is 13.9. The van der Waals surface area contributed by atoms with Gasteiger partial charge >= 0.3 is 6.03 Å². The Hall–Kier alpha value is -1.86. The molecule has 0 radical (unpaired) electrons. The van der Waals surface area contributed by atoms with Crippen molar-refractivity contribution in [1.29, 1.82) is 0 Å². The number of carbonyl (C=O) groups excluding carboxylic acids is 1. The lowest BCUT2D eigenvalue weighted by Crippen LogP contribution is -2.37. The molecule has 7 heteroatoms. The Balaban J connectivity index is 1.86. The molecule has 1 N–H and O–H groups in total. The highest BCUT2D eigenvalue weighted by molar-refractivity contribution is 5.89. The van der Waals surface area contributed by atoms with Crippen LogP contribution in [0.2, 0.25) is 0 Å². The van der Waals surface area contributed by atoms with Gasteiger partial charge in [-0.25, -0.2) is 9.18 Å². The van der Waals surface area contributed by atoms with Crippen LogP contribution in [0, 0.1) is 5.82 Å². The van der Waals surface area contributed by atoms with Crippen LogP contribution in [-0.4, -0.2) is 57.6 Å². The van der Waals surface area contributed by atoms with E-state index in [1.165, 1.54) is 17.0 Å². The van der Waals surface area contributed by atoms with Gasteiger partial charge in [0.15, 0.2) is 11.6 Å². The Kier molecular flexibility index (Phi) is 6.61. The number of rotatable bonds is 7. The Morgan fingerprint density at radius 3 is 2.96 bits per heavy atom. The van der Waals surface area contributed by atoms with E-state index in [4.69, 9.17) is 14.2 Å². The normalized spacial score (nSPS) is 17.1. The summed E-state index contributed by atoms with van der Waals surface area (Å²) in [5.74, 6) is -0.395. The number of anilines is 1. The second kappa shape index (κ2) is 8.69. The van der Waals surface area contributed by atoms with Gasteiger partial charge in [-0.2, -0.15) is 0 Å². The zero-order valence-corrected chi connectivity index (χ0v) is 13.5. The van der Waals surface area contributed by atoms with E-state index < -0.39 is 5.82 Å². The number of amides is 2. The Bertz CT molecular complexity index is 521. The molecule has 0 spiro atoms. The van der Waals surface area contributed by atoms with E-state index in [0.29, 0.717) is 18.8 Å². The molecule has 0 unspecified atom stereocenters. The molecule has 1 fully saturated rings. The van der Waals surface area contributed by atoms with E-state index >= 15 is 0 Å². The third-order valence-corrected chi connectivity index (χ3v) is 3.58. The molecular formula is C16H23FN2O4. The molecule has 1 atom stereocenters. The van der Waals surface area contributed by atoms with Crippen molar-refractivity contribution < 1.29 is 23.4 Å². The van der Waals surface area contributed by atoms with E-state index in [9.17, 15) is 9.18 Å². The quantitative estimate of drug-likeness (QED) is 0.782. The van der Waals surface area contributed by atoms with Gasteiger partial charge < -0.3 is 24.4 Å². The predicted molar refractivity (Wildman–Crippen MR) is 84.4 cm³/mol. The van der Waals surface area contributed by atoms with Crippen molar-refractivity contribution in [3.8, 4) is 5.75 Å². The lowest BCUT2D eigenvalue weighted by Gasteiger charge is -2.21. The van der Waals surface area contributed by atoms with Gasteiger partial charge in [0, 0.05) is 39.1 Å². The summed E-state index contributed by atoms with van der Waals surface area (Å²) in [4.78, 5) is 13.6. The fourth-order valence-corrected chi connectivity index (χ4v) is 2.33. The standard InChI is InChI=1S/C16H23FN2O4/c1-19(11-13-4-3-7-22-13)16(20)18-12-5-6-15(14(17)10-12)23-9-8-21-2/h5-6,10,13H,3-4,7-9,11H2,1-2H3,(H,18,20)/t13-/m1/s1. The molecule has 2 rings (SSSR count). The summed E-state index contributed by atoms with van der Waals surface area (Å²) in [5, 5.41) is 2.66. The van der Waals surface area contributed by atoms with E-state index in [0.717, 1.165) is 19.4 Å². The zero-order chi connectivity index (χ0) is 16.7. The van der Waals surface area contributed by atoms with Crippen LogP contribution in [0.15, 0.2) is 18.2 Å². The molecule has 0 saturated carbocycles. The van der Waals surface area contributed by atoms with Crippen LogP contribution in [0.25, 0.3) is 0 Å². The van der Waals surface area contributed by atoms with Crippen molar-refractivity contribution in [3.63, 3.8) is 0 Å². The minimum absolute atomic E-state index is 0.0825. The predicted octanol–water partition coefficient (Wildman–Crippen LogP) is 2.49. The van der Waals surface area contributed by atoms with Gasteiger partial charge in [0.25, 0.3) is 0 Å². The Morgan fingerprint density at radius 1 is 1.48 bits per heavy atom. The van der Waals surface area contributed by atoms with Gasteiger partial charge in [0.2, 0.25) is 0 Å². The van der Waals surface area contributed by atoms with Crippen LogP contribution in [0.5, 0.6) is 5.75 Å². The molecule has 1 saturated heterocycles. The average Bonchev–Trinajstić information content (AvgIpc) is 3.02. The minimum Gasteiger partial charge on any atom is -0.488 e. The molecule has 23 heavy (non-hydrogen) atoms. The van der Waals surface area contributed by atoms with Crippen molar-refractivity contribution in [2.24, 2.45) is 0 Å². The van der Waals surface area contributed by atoms with Gasteiger partial charge in [-0.15, -0.1) is 0 Å². The molecule has 0 aliphatic carbocycles. The second-order valence-electron chi connectivity index (χ2n) is 5.43. The highest BCUT2D eigenvalue weighted by atomic mass is 19.1. The van der Waals surface area contributed by atoms with Crippen molar-refractivity contribution in [3.05, 3.63) is 24.0 Å². The Labute approximate surface area is 135 Å². The molecule has 1 heterocycles. The topological polar surface area (TPSA) is 60.0 Å². The molecule has 2 amide bonds. The van der Waals surface area contributed by atoms with Gasteiger partial charge in [-0.05, 0) is 25.0 Å². The van der Waals surface area contributed by atoms with Crippen LogP contribution >= 0.6 is 0 Å². The van der Waals surface area contributed by atoms with Crippen LogP contribution in [0.1, 0.15) is 12.8 Å². The molecule has 1 aromatic rings. The minimum atomic E-state index is -0.527. The summed E-state index contributed by atoms with van der Waals surface area (Å²) >= 11 is 0. The molecule has 0 bridgehead atoms. The number of methoxy groups -OCH3 is 1. The third-order valence-electron chi connectivity index (χ3n) is 3.58. The van der Waals surface area contributed by atoms with Crippen molar-refractivity contribution in [2.45, 2.75) is 18.9 Å². The first-order chi connectivity index (χ1) is 11.1. The number of hydrogen-bond acceptors (Lipinski definition) is 4. The monoisotopic (exact) mass is 326 g/mol. The van der Waals surface area contributed by atoms with Gasteiger partial charge in [0.05, 0.1) is 12.7 Å². The molecule has 128 valence electrons. The number of hydrogen-bond donors (Lipinski definition) is 1. The summed E-state index contributed by atoms with van der Waals surface area (Å²) in [5.41, 5.74) is 0.380. The van der Waals surface area contributed by atoms with Crippen LogP contribution < -0.4 is 10.1 Å². The first-order valence-corrected chi connectivity index (χ1v) is 7.65. The van der Waals surface area contributed by atoms with Crippen LogP contribution in [0.3, 0.4) is 0 Å². The van der Waals surface area contributed by atoms with E-state index in [1.807, 2.05) is 0 Å². The second-order valence-corrected chi connectivity index (χ2v) is 5.43. The van der Waals surface area contributed by atoms with Gasteiger partial charge in [-0.3, -0.25) is 0 Å². The lowest BCUT2D eigenvalue weighted by molar-refractivity contribution is 0.0894. The zero-order valence-electron chi connectivity index (χ0n) is 13.5. The van der Waals surface area contributed by atoms with E-state index in [-0.39, 0.29) is 24.5 Å². The highest BCUT2D eigenvalue weighted by Gasteiger charge is 2.20. The average molecular weight is 326 g/mol. The summed E-state index contributed by atoms with van der Waals surface area (Å²) < 4.78 is 29.5. The SMILES string of the molecule is COCCOc1ccc(NC(=O)N(C)C[C@H]2CCCO2)cc1F. The molecule has 0 aromatic heterocycles. The number of halogens is 1. The number of likely N-dealkylation sites (N-methyl/N-ethyl adjacent to an activating group) is 1. The fraction of sp³-hybridized carbons (Fsp3) is 0.562. The third kappa shape index (κ3) is 5.37. The van der Waals surface area contributed by atoms with Crippen molar-refractivity contribution in [1.82, 2.24) is 4.90 Å². The fourth-order valence-electron chi connectivity index (χ4n) is 2.33. The number of ether oxygens (including phenoxy) is 3. The number of benzene rings is 1. The maximum absolute atomic E-state index is 13.9. The first-order valence-electron chi connectivity index (χ1n) is 7.65. The Morgan fingerprint density at radius 2 is 2.30 bits per heavy atom. The molecule has 6 nitrogen and oxygen atoms in total. The van der Waals surface area contributed by atoms with Crippen LogP contribution in [0.4, 0.5) is 14.9 Å². The number of nitrogens with one attached hydrogen (secondary N) is 1. The van der Waals surface area contributed by atoms with Gasteiger partial charge in [-0.1, -0.05) is 0 Å². The van der Waals surface area contributed by atoms with Crippen molar-refractivity contribution >= 4 is 11.7 Å². The van der Waals surface area contributed by atoms with E-state index in [2.05, 4.69) is 5.32 Å². The van der Waals surface area contributed by atoms with E-state index in [1.54, 1.807) is 20.2 Å². The molecule has 1 aromatic carbocycles. The summed E-state index contributed by atoms with van der Waals surface area (Å²) in [7, 11) is 3.24. The number of nitrogens with zero attached hydrogens (tertiary/aromatic N) is 1. The maximum Gasteiger partial charge on any atom is 0.321 e. The smallest absolute Gasteiger partial charge is 0.321 e. The number of carbonyl (C=O) groups is 1. The lowest BCUT2D eigenvalue weighted by atomic mass is 10.2. The number of urea groups is 1. The molecular weight excluding hydrogens is 303 g/mol. The van der Waals surface area contributed by atoms with Crippen molar-refractivity contribution in [2.75, 3.05) is 45.8 Å². The van der Waals surface area contributed by atoms with Gasteiger partial charge in [0.1, 0.15) is 6.61 Å². The molecule has 1 aliphatic heterocycles.